The van der Waals surface area contributed by atoms with Gasteiger partial charge >= 0.3 is 0 Å². The summed E-state index contributed by atoms with van der Waals surface area (Å²) < 4.78 is 0. The lowest BCUT2D eigenvalue weighted by molar-refractivity contribution is -0.129. The van der Waals surface area contributed by atoms with Gasteiger partial charge in [-0.3, -0.25) is 4.79 Å². The summed E-state index contributed by atoms with van der Waals surface area (Å²) in [4.78, 5) is 11.3. The molecule has 1 N–H and O–H groups in total. The summed E-state index contributed by atoms with van der Waals surface area (Å²) >= 11 is 0. The van der Waals surface area contributed by atoms with Crippen molar-refractivity contribution in [1.82, 2.24) is 0 Å². The molecule has 12 heavy (non-hydrogen) atoms. The van der Waals surface area contributed by atoms with Crippen molar-refractivity contribution in [3.63, 3.8) is 0 Å². The number of ketones is 1. The molecule has 1 saturated carbocycles. The van der Waals surface area contributed by atoms with E-state index < -0.39 is 5.60 Å². The molecule has 2 atom stereocenters. The molecule has 0 aromatic heterocycles. The van der Waals surface area contributed by atoms with Crippen LogP contribution in [0.4, 0.5) is 0 Å². The van der Waals surface area contributed by atoms with Crippen LogP contribution in [0, 0.1) is 11.8 Å². The Hall–Kier alpha value is -0.370. The Morgan fingerprint density at radius 3 is 2.42 bits per heavy atom. The molecule has 0 unspecified atom stereocenters. The van der Waals surface area contributed by atoms with E-state index in [1.54, 1.807) is 13.8 Å². The van der Waals surface area contributed by atoms with Crippen molar-refractivity contribution >= 4 is 5.78 Å². The van der Waals surface area contributed by atoms with Gasteiger partial charge in [-0.1, -0.05) is 6.92 Å². The van der Waals surface area contributed by atoms with Crippen LogP contribution in [0.1, 0.15) is 40.0 Å². The van der Waals surface area contributed by atoms with Crippen LogP contribution in [0.3, 0.4) is 0 Å². The lowest BCUT2D eigenvalue weighted by Gasteiger charge is -2.33. The van der Waals surface area contributed by atoms with E-state index in [1.165, 1.54) is 0 Å². The summed E-state index contributed by atoms with van der Waals surface area (Å²) in [5.74, 6) is 0.693. The lowest BCUT2D eigenvalue weighted by Crippen LogP contribution is -2.37. The first-order valence-electron chi connectivity index (χ1n) is 4.66. The van der Waals surface area contributed by atoms with Crippen LogP contribution in [-0.4, -0.2) is 16.5 Å². The topological polar surface area (TPSA) is 37.3 Å². The maximum Gasteiger partial charge on any atom is 0.136 e. The van der Waals surface area contributed by atoms with Crippen molar-refractivity contribution in [3.8, 4) is 0 Å². The molecule has 0 aromatic rings. The summed E-state index contributed by atoms with van der Waals surface area (Å²) in [6, 6.07) is 0. The molecule has 0 aromatic carbocycles. The van der Waals surface area contributed by atoms with Crippen molar-refractivity contribution in [2.75, 3.05) is 0 Å². The molecule has 0 spiro atoms. The fraction of sp³-hybridized carbons (Fsp3) is 0.900. The van der Waals surface area contributed by atoms with Crippen LogP contribution in [0.25, 0.3) is 0 Å². The van der Waals surface area contributed by atoms with Gasteiger partial charge in [-0.25, -0.2) is 0 Å². The smallest absolute Gasteiger partial charge is 0.136 e. The fourth-order valence-corrected chi connectivity index (χ4v) is 1.76. The van der Waals surface area contributed by atoms with Crippen molar-refractivity contribution in [2.45, 2.75) is 45.6 Å². The monoisotopic (exact) mass is 170 g/mol. The number of Topliss-reactive ketones (excluding diaryl/α,β-unsaturated/α-hetero) is 1. The van der Waals surface area contributed by atoms with E-state index in [4.69, 9.17) is 0 Å². The number of aliphatic hydroxyl groups is 1. The Kier molecular flexibility index (Phi) is 2.57. The highest BCUT2D eigenvalue weighted by molar-refractivity contribution is 5.81. The first kappa shape index (κ1) is 9.72. The molecule has 0 aliphatic heterocycles. The number of hydrogen-bond donors (Lipinski definition) is 1. The van der Waals surface area contributed by atoms with Gasteiger partial charge in [0.15, 0.2) is 0 Å². The van der Waals surface area contributed by atoms with E-state index in [1.807, 2.05) is 6.92 Å². The van der Waals surface area contributed by atoms with Crippen LogP contribution in [0.5, 0.6) is 0 Å². The zero-order valence-corrected chi connectivity index (χ0v) is 8.13. The van der Waals surface area contributed by atoms with Gasteiger partial charge < -0.3 is 5.11 Å². The van der Waals surface area contributed by atoms with E-state index in [2.05, 4.69) is 0 Å². The second-order valence-corrected chi connectivity index (χ2v) is 4.50. The minimum Gasteiger partial charge on any atom is -0.390 e. The largest absolute Gasteiger partial charge is 0.390 e. The van der Waals surface area contributed by atoms with Crippen LogP contribution in [0.15, 0.2) is 0 Å². The quantitative estimate of drug-likeness (QED) is 0.651. The van der Waals surface area contributed by atoms with Crippen LogP contribution >= 0.6 is 0 Å². The van der Waals surface area contributed by atoms with Crippen LogP contribution in [-0.2, 0) is 4.79 Å². The van der Waals surface area contributed by atoms with E-state index in [9.17, 15) is 9.90 Å². The predicted molar refractivity (Wildman–Crippen MR) is 47.8 cm³/mol. The van der Waals surface area contributed by atoms with Gasteiger partial charge in [-0.2, -0.15) is 0 Å². The molecule has 1 aliphatic rings. The van der Waals surface area contributed by atoms with E-state index >= 15 is 0 Å². The third-order valence-corrected chi connectivity index (χ3v) is 2.94. The molecule has 1 fully saturated rings. The molecule has 1 aliphatic carbocycles. The summed E-state index contributed by atoms with van der Waals surface area (Å²) in [6.45, 7) is 5.56. The first-order valence-corrected chi connectivity index (χ1v) is 4.66. The Bertz CT molecular complexity index is 179. The van der Waals surface area contributed by atoms with E-state index in [0.29, 0.717) is 12.2 Å². The Labute approximate surface area is 74.0 Å². The number of carbonyl (C=O) groups is 1. The average molecular weight is 170 g/mol. The second kappa shape index (κ2) is 3.17. The highest BCUT2D eigenvalue weighted by atomic mass is 16.3. The molecule has 70 valence electrons. The number of rotatable bonds is 1. The summed E-state index contributed by atoms with van der Waals surface area (Å²) in [7, 11) is 0. The maximum atomic E-state index is 11.3. The van der Waals surface area contributed by atoms with Crippen molar-refractivity contribution < 1.29 is 9.90 Å². The molecule has 0 radical (unpaired) electrons. The van der Waals surface area contributed by atoms with Gasteiger partial charge in [-0.05, 0) is 32.6 Å². The normalized spacial score (nSPS) is 32.2. The minimum atomic E-state index is -0.685. The molecule has 0 saturated heterocycles. The molecule has 1 rings (SSSR count). The molecule has 2 heteroatoms. The van der Waals surface area contributed by atoms with Crippen molar-refractivity contribution in [2.24, 2.45) is 11.8 Å². The van der Waals surface area contributed by atoms with Crippen molar-refractivity contribution in [1.29, 1.82) is 0 Å². The molecular formula is C10H18O2. The van der Waals surface area contributed by atoms with E-state index in [0.717, 1.165) is 12.8 Å². The summed E-state index contributed by atoms with van der Waals surface area (Å²) in [5.41, 5.74) is -0.685. The van der Waals surface area contributed by atoms with Gasteiger partial charge in [0.1, 0.15) is 5.78 Å². The summed E-state index contributed by atoms with van der Waals surface area (Å²) in [6.07, 6.45) is 2.48. The third-order valence-electron chi connectivity index (χ3n) is 2.94. The molecule has 0 amide bonds. The zero-order chi connectivity index (χ0) is 9.35. The van der Waals surface area contributed by atoms with Gasteiger partial charge in [0.2, 0.25) is 0 Å². The SMILES string of the molecule is C[C@H]1CC[C@@H](C(C)(C)O)CC1=O. The maximum absolute atomic E-state index is 11.3. The number of carbonyl (C=O) groups excluding carboxylic acids is 1. The first-order chi connectivity index (χ1) is 5.41. The highest BCUT2D eigenvalue weighted by Crippen LogP contribution is 2.32. The highest BCUT2D eigenvalue weighted by Gasteiger charge is 2.34. The molecule has 0 heterocycles. The lowest BCUT2D eigenvalue weighted by atomic mass is 9.75. The van der Waals surface area contributed by atoms with E-state index in [-0.39, 0.29) is 11.8 Å². The Balaban J connectivity index is 2.57. The van der Waals surface area contributed by atoms with Gasteiger partial charge in [0.05, 0.1) is 5.60 Å². The zero-order valence-electron chi connectivity index (χ0n) is 8.13. The minimum absolute atomic E-state index is 0.168. The second-order valence-electron chi connectivity index (χ2n) is 4.50. The molecule has 0 bridgehead atoms. The number of hydrogen-bond acceptors (Lipinski definition) is 2. The Morgan fingerprint density at radius 2 is 2.00 bits per heavy atom. The van der Waals surface area contributed by atoms with Crippen LogP contribution < -0.4 is 0 Å². The van der Waals surface area contributed by atoms with Gasteiger partial charge in [0, 0.05) is 12.3 Å². The van der Waals surface area contributed by atoms with Gasteiger partial charge in [-0.15, -0.1) is 0 Å². The van der Waals surface area contributed by atoms with Gasteiger partial charge in [0.25, 0.3) is 0 Å². The predicted octanol–water partition coefficient (Wildman–Crippen LogP) is 1.76. The Morgan fingerprint density at radius 1 is 1.42 bits per heavy atom. The standard InChI is InChI=1S/C10H18O2/c1-7-4-5-8(6-9(7)11)10(2,3)12/h7-8,12H,4-6H2,1-3H3/t7-,8+/m0/s1. The van der Waals surface area contributed by atoms with Crippen molar-refractivity contribution in [3.05, 3.63) is 0 Å². The fourth-order valence-electron chi connectivity index (χ4n) is 1.76. The summed E-state index contributed by atoms with van der Waals surface area (Å²) in [5, 5.41) is 9.69. The third kappa shape index (κ3) is 2.07. The average Bonchev–Trinajstić information content (AvgIpc) is 1.92. The molecular weight excluding hydrogens is 152 g/mol. The molecule has 2 nitrogen and oxygen atoms in total. The van der Waals surface area contributed by atoms with Crippen LogP contribution in [0.2, 0.25) is 0 Å².